The van der Waals surface area contributed by atoms with Gasteiger partial charge >= 0.3 is 0 Å². The topological polar surface area (TPSA) is 41.5 Å². The average molecular weight is 373 g/mol. The third-order valence-corrected chi connectivity index (χ3v) is 6.64. The first-order chi connectivity index (χ1) is 13.0. The molecule has 1 aliphatic carbocycles. The van der Waals surface area contributed by atoms with Crippen molar-refractivity contribution in [3.05, 3.63) is 17.8 Å². The molecule has 2 aliphatic heterocycles. The summed E-state index contributed by atoms with van der Waals surface area (Å²) in [6, 6.07) is 4.35. The fraction of sp³-hybridized carbons (Fsp3) is 0.818. The highest BCUT2D eigenvalue weighted by molar-refractivity contribution is 5.37. The van der Waals surface area contributed by atoms with Crippen molar-refractivity contribution in [3.8, 4) is 0 Å². The Balaban J connectivity index is 1.24. The Morgan fingerprint density at radius 2 is 1.74 bits per heavy atom. The Morgan fingerprint density at radius 1 is 1.04 bits per heavy atom. The van der Waals surface area contributed by atoms with E-state index in [2.05, 4.69) is 52.9 Å². The van der Waals surface area contributed by atoms with E-state index in [0.717, 1.165) is 56.3 Å². The summed E-state index contributed by atoms with van der Waals surface area (Å²) in [4.78, 5) is 4.99. The number of fused-ring (bicyclic) bond motifs is 1. The molecular formula is C22H36N4O. The summed E-state index contributed by atoms with van der Waals surface area (Å²) in [5, 5.41) is 9.03. The molecule has 3 heterocycles. The van der Waals surface area contributed by atoms with Gasteiger partial charge in [0, 0.05) is 26.2 Å². The molecule has 5 nitrogen and oxygen atoms in total. The van der Waals surface area contributed by atoms with Gasteiger partial charge < -0.3 is 14.5 Å². The van der Waals surface area contributed by atoms with Crippen LogP contribution in [0.5, 0.6) is 0 Å². The Bertz CT molecular complexity index is 592. The summed E-state index contributed by atoms with van der Waals surface area (Å²) in [7, 11) is 0. The van der Waals surface area contributed by atoms with E-state index < -0.39 is 0 Å². The maximum absolute atomic E-state index is 5.42. The largest absolute Gasteiger partial charge is 0.378 e. The van der Waals surface area contributed by atoms with Crippen LogP contribution in [0.3, 0.4) is 0 Å². The zero-order valence-electron chi connectivity index (χ0n) is 17.4. The second kappa shape index (κ2) is 8.04. The molecule has 150 valence electrons. The average Bonchev–Trinajstić information content (AvgIpc) is 3.19. The Hall–Kier alpha value is -1.20. The van der Waals surface area contributed by atoms with Crippen LogP contribution in [0.1, 0.15) is 45.7 Å². The normalized spacial score (nSPS) is 29.3. The number of hydrogen-bond acceptors (Lipinski definition) is 5. The number of nitrogens with zero attached hydrogens (tertiary/aromatic N) is 4. The van der Waals surface area contributed by atoms with Crippen molar-refractivity contribution < 1.29 is 4.74 Å². The standard InChI is InChI=1S/C22H36N4O/c1-22(2,3)6-7-25-15-18-12-17(13-19(18)16-25)14-20-4-5-21(24-23-20)26-8-10-27-11-9-26/h4-5,17-19H,6-16H2,1-3H3/t17?,18-,19+. The van der Waals surface area contributed by atoms with Crippen molar-refractivity contribution in [1.82, 2.24) is 15.1 Å². The lowest BCUT2D eigenvalue weighted by molar-refractivity contribution is 0.122. The number of aromatic nitrogens is 2. The smallest absolute Gasteiger partial charge is 0.151 e. The third kappa shape index (κ3) is 5.00. The van der Waals surface area contributed by atoms with E-state index in [4.69, 9.17) is 4.74 Å². The predicted molar refractivity (Wildman–Crippen MR) is 109 cm³/mol. The highest BCUT2D eigenvalue weighted by atomic mass is 16.5. The van der Waals surface area contributed by atoms with Gasteiger partial charge in [-0.3, -0.25) is 0 Å². The lowest BCUT2D eigenvalue weighted by Crippen LogP contribution is -2.36. The number of rotatable bonds is 5. The van der Waals surface area contributed by atoms with Gasteiger partial charge in [0.1, 0.15) is 0 Å². The van der Waals surface area contributed by atoms with Gasteiger partial charge in [-0.2, -0.15) is 5.10 Å². The molecule has 0 aromatic carbocycles. The maximum Gasteiger partial charge on any atom is 0.151 e. The SMILES string of the molecule is CC(C)(C)CCN1C[C@H]2CC(Cc3ccc(N4CCOCC4)nn3)C[C@H]2C1. The van der Waals surface area contributed by atoms with Gasteiger partial charge in [0.05, 0.1) is 18.9 Å². The zero-order valence-corrected chi connectivity index (χ0v) is 17.4. The lowest BCUT2D eigenvalue weighted by atomic mass is 9.92. The van der Waals surface area contributed by atoms with Crippen molar-refractivity contribution in [1.29, 1.82) is 0 Å². The molecule has 2 saturated heterocycles. The highest BCUT2D eigenvalue weighted by Gasteiger charge is 2.40. The molecule has 1 saturated carbocycles. The van der Waals surface area contributed by atoms with Crippen LogP contribution < -0.4 is 4.90 Å². The molecule has 0 spiro atoms. The van der Waals surface area contributed by atoms with Gasteiger partial charge in [-0.25, -0.2) is 0 Å². The molecule has 0 bridgehead atoms. The van der Waals surface area contributed by atoms with Crippen molar-refractivity contribution in [2.75, 3.05) is 50.8 Å². The molecular weight excluding hydrogens is 336 g/mol. The molecule has 1 unspecified atom stereocenters. The van der Waals surface area contributed by atoms with Crippen LogP contribution >= 0.6 is 0 Å². The van der Waals surface area contributed by atoms with E-state index in [-0.39, 0.29) is 0 Å². The van der Waals surface area contributed by atoms with Crippen LogP contribution in [0.15, 0.2) is 12.1 Å². The van der Waals surface area contributed by atoms with Gasteiger partial charge in [-0.1, -0.05) is 20.8 Å². The molecule has 1 aromatic heterocycles. The minimum absolute atomic E-state index is 0.451. The summed E-state index contributed by atoms with van der Waals surface area (Å²) >= 11 is 0. The van der Waals surface area contributed by atoms with Gasteiger partial charge in [0.25, 0.3) is 0 Å². The van der Waals surface area contributed by atoms with E-state index in [1.807, 2.05) is 0 Å². The van der Waals surface area contributed by atoms with Crippen LogP contribution in [0.2, 0.25) is 0 Å². The van der Waals surface area contributed by atoms with Crippen LogP contribution in [0.4, 0.5) is 5.82 Å². The summed E-state index contributed by atoms with van der Waals surface area (Å²) in [5.41, 5.74) is 1.62. The van der Waals surface area contributed by atoms with Crippen molar-refractivity contribution in [3.63, 3.8) is 0 Å². The first kappa shape index (κ1) is 19.1. The van der Waals surface area contributed by atoms with Gasteiger partial charge in [0.2, 0.25) is 0 Å². The first-order valence-corrected chi connectivity index (χ1v) is 10.8. The van der Waals surface area contributed by atoms with E-state index in [9.17, 15) is 0 Å². The Kier molecular flexibility index (Phi) is 5.70. The van der Waals surface area contributed by atoms with Crippen LogP contribution in [-0.4, -0.2) is 61.0 Å². The van der Waals surface area contributed by atoms with Crippen molar-refractivity contribution in [2.24, 2.45) is 23.2 Å². The van der Waals surface area contributed by atoms with E-state index in [1.165, 1.54) is 44.6 Å². The zero-order chi connectivity index (χ0) is 18.9. The number of morpholine rings is 1. The minimum Gasteiger partial charge on any atom is -0.378 e. The monoisotopic (exact) mass is 372 g/mol. The minimum atomic E-state index is 0.451. The fourth-order valence-corrected chi connectivity index (χ4v) is 5.08. The number of ether oxygens (including phenoxy) is 1. The van der Waals surface area contributed by atoms with Gasteiger partial charge in [0.15, 0.2) is 5.82 Å². The molecule has 0 amide bonds. The second-order valence-corrected chi connectivity index (χ2v) is 10.1. The van der Waals surface area contributed by atoms with Gasteiger partial charge in [-0.05, 0) is 67.5 Å². The molecule has 5 heteroatoms. The lowest BCUT2D eigenvalue weighted by Gasteiger charge is -2.27. The highest BCUT2D eigenvalue weighted by Crippen LogP contribution is 2.42. The Labute approximate surface area is 164 Å². The van der Waals surface area contributed by atoms with E-state index >= 15 is 0 Å². The van der Waals surface area contributed by atoms with Gasteiger partial charge in [-0.15, -0.1) is 5.10 Å². The molecule has 4 rings (SSSR count). The van der Waals surface area contributed by atoms with Crippen molar-refractivity contribution in [2.45, 2.75) is 46.5 Å². The molecule has 1 aromatic rings. The summed E-state index contributed by atoms with van der Waals surface area (Å²) < 4.78 is 5.42. The summed E-state index contributed by atoms with van der Waals surface area (Å²) in [5.74, 6) is 3.62. The van der Waals surface area contributed by atoms with Crippen LogP contribution in [0.25, 0.3) is 0 Å². The molecule has 27 heavy (non-hydrogen) atoms. The van der Waals surface area contributed by atoms with E-state index in [1.54, 1.807) is 0 Å². The van der Waals surface area contributed by atoms with Crippen molar-refractivity contribution >= 4 is 5.82 Å². The summed E-state index contributed by atoms with van der Waals surface area (Å²) in [6.45, 7) is 14.4. The van der Waals surface area contributed by atoms with Crippen LogP contribution in [-0.2, 0) is 11.2 Å². The predicted octanol–water partition coefficient (Wildman–Crippen LogP) is 3.25. The summed E-state index contributed by atoms with van der Waals surface area (Å²) in [6.07, 6.45) is 5.17. The molecule has 0 radical (unpaired) electrons. The van der Waals surface area contributed by atoms with E-state index in [0.29, 0.717) is 5.41 Å². The maximum atomic E-state index is 5.42. The number of anilines is 1. The molecule has 3 fully saturated rings. The number of likely N-dealkylation sites (tertiary alicyclic amines) is 1. The quantitative estimate of drug-likeness (QED) is 0.794. The fourth-order valence-electron chi connectivity index (χ4n) is 5.08. The Morgan fingerprint density at radius 3 is 2.33 bits per heavy atom. The second-order valence-electron chi connectivity index (χ2n) is 10.1. The first-order valence-electron chi connectivity index (χ1n) is 10.8. The van der Waals surface area contributed by atoms with Crippen LogP contribution in [0, 0.1) is 23.2 Å². The number of hydrogen-bond donors (Lipinski definition) is 0. The third-order valence-electron chi connectivity index (χ3n) is 6.64. The molecule has 3 atom stereocenters. The molecule has 0 N–H and O–H groups in total. The molecule has 3 aliphatic rings.